The van der Waals surface area contributed by atoms with Crippen LogP contribution >= 0.6 is 0 Å². The predicted molar refractivity (Wildman–Crippen MR) is 149 cm³/mol. The first-order valence-electron chi connectivity index (χ1n) is 13.6. The van der Waals surface area contributed by atoms with Crippen LogP contribution in [0.2, 0.25) is 0 Å². The van der Waals surface area contributed by atoms with Gasteiger partial charge in [-0.05, 0) is 61.9 Å². The number of halogens is 3. The summed E-state index contributed by atoms with van der Waals surface area (Å²) < 4.78 is 43.8. The first-order valence-corrected chi connectivity index (χ1v) is 13.6. The number of aromatic nitrogens is 4. The van der Waals surface area contributed by atoms with Gasteiger partial charge in [-0.15, -0.1) is 0 Å². The van der Waals surface area contributed by atoms with Gasteiger partial charge in [0.2, 0.25) is 11.9 Å². The molecule has 1 unspecified atom stereocenters. The van der Waals surface area contributed by atoms with Crippen molar-refractivity contribution in [2.45, 2.75) is 50.7 Å². The molecular weight excluding hydrogens is 533 g/mol. The van der Waals surface area contributed by atoms with Crippen LogP contribution in [0.25, 0.3) is 16.8 Å². The Balaban J connectivity index is 1.30. The van der Waals surface area contributed by atoms with E-state index in [1.54, 1.807) is 39.8 Å². The van der Waals surface area contributed by atoms with Crippen molar-refractivity contribution >= 4 is 17.8 Å². The van der Waals surface area contributed by atoms with Crippen molar-refractivity contribution in [1.82, 2.24) is 24.2 Å². The van der Waals surface area contributed by atoms with E-state index in [9.17, 15) is 22.8 Å². The van der Waals surface area contributed by atoms with Crippen LogP contribution in [0.3, 0.4) is 0 Å². The Morgan fingerprint density at radius 3 is 2.56 bits per heavy atom. The number of anilines is 1. The molecule has 2 aromatic carbocycles. The second kappa shape index (κ2) is 12.0. The Labute approximate surface area is 235 Å². The summed E-state index contributed by atoms with van der Waals surface area (Å²) in [4.78, 5) is 31.6. The summed E-state index contributed by atoms with van der Waals surface area (Å²) in [6, 6.07) is 14.9. The molecule has 3 heterocycles. The topological polar surface area (TPSA) is 85.0 Å². The van der Waals surface area contributed by atoms with Crippen LogP contribution in [-0.4, -0.2) is 54.8 Å². The normalized spacial score (nSPS) is 15.6. The summed E-state index contributed by atoms with van der Waals surface area (Å²) in [7, 11) is 1.82. The first-order chi connectivity index (χ1) is 19.7. The van der Waals surface area contributed by atoms with Crippen molar-refractivity contribution < 1.29 is 22.8 Å². The number of hydrogen-bond acceptors (Lipinski definition) is 4. The molecule has 1 saturated heterocycles. The highest BCUT2D eigenvalue weighted by molar-refractivity contribution is 6.04. The molecule has 0 bridgehead atoms. The molecule has 0 aliphatic carbocycles. The van der Waals surface area contributed by atoms with Crippen LogP contribution in [0.15, 0.2) is 73.2 Å². The zero-order valence-corrected chi connectivity index (χ0v) is 22.6. The molecule has 2 aromatic heterocycles. The molecule has 5 rings (SSSR count). The van der Waals surface area contributed by atoms with Crippen LogP contribution in [-0.2, 0) is 18.3 Å². The van der Waals surface area contributed by atoms with Crippen molar-refractivity contribution in [3.63, 3.8) is 0 Å². The first kappa shape index (κ1) is 28.1. The molecule has 214 valence electrons. The molecule has 0 radical (unpaired) electrons. The Hall–Kier alpha value is -4.41. The van der Waals surface area contributed by atoms with E-state index in [0.717, 1.165) is 21.7 Å². The molecule has 8 nitrogen and oxygen atoms in total. The number of amides is 2. The number of para-hydroxylation sites is 1. The lowest BCUT2D eigenvalue weighted by molar-refractivity contribution is -0.196. The van der Waals surface area contributed by atoms with Gasteiger partial charge < -0.3 is 4.90 Å². The zero-order valence-electron chi connectivity index (χ0n) is 22.6. The molecule has 2 amide bonds. The van der Waals surface area contributed by atoms with E-state index >= 15 is 0 Å². The minimum atomic E-state index is -4.42. The lowest BCUT2D eigenvalue weighted by atomic mass is 10.0. The average Bonchev–Trinajstić information content (AvgIpc) is 3.59. The number of aryl methyl sites for hydroxylation is 2. The van der Waals surface area contributed by atoms with Gasteiger partial charge in [0.1, 0.15) is 6.04 Å². The molecule has 1 N–H and O–H groups in total. The second-order valence-electron chi connectivity index (χ2n) is 10.2. The summed E-state index contributed by atoms with van der Waals surface area (Å²) in [5.74, 6) is -0.525. The van der Waals surface area contributed by atoms with E-state index < -0.39 is 18.1 Å². The number of carbonyl (C=O) groups excluding carboxylic acids is 2. The standard InChI is InChI=1S/C30H31F3N6O2/c1-37-19-23(18-34-37)21-9-7-10-22(17-21)28(41)36-29-35-24(20-39(29)25-12-3-2-4-13-25)11-8-15-27(40)38-16-6-5-14-26(38)30(31,32)33/h2-4,7,9-10,12-13,17-20,26H,5-6,8,11,14-16H2,1H3,(H,35,36,41). The largest absolute Gasteiger partial charge is 0.408 e. The highest BCUT2D eigenvalue weighted by Crippen LogP contribution is 2.32. The van der Waals surface area contributed by atoms with Crippen LogP contribution in [0.4, 0.5) is 19.1 Å². The summed E-state index contributed by atoms with van der Waals surface area (Å²) in [6.07, 6.45) is 2.65. The van der Waals surface area contributed by atoms with Crippen molar-refractivity contribution in [2.75, 3.05) is 11.9 Å². The van der Waals surface area contributed by atoms with Crippen molar-refractivity contribution in [1.29, 1.82) is 0 Å². The van der Waals surface area contributed by atoms with Gasteiger partial charge in [-0.3, -0.25) is 24.2 Å². The quantitative estimate of drug-likeness (QED) is 0.294. The molecule has 11 heteroatoms. The molecule has 0 spiro atoms. The van der Waals surface area contributed by atoms with E-state index in [-0.39, 0.29) is 25.3 Å². The summed E-state index contributed by atoms with van der Waals surface area (Å²) in [6.45, 7) is 0.129. The Bertz CT molecular complexity index is 1510. The van der Waals surface area contributed by atoms with E-state index in [4.69, 9.17) is 0 Å². The number of alkyl halides is 3. The molecule has 1 aliphatic rings. The Kier molecular flexibility index (Phi) is 8.23. The maximum absolute atomic E-state index is 13.4. The average molecular weight is 565 g/mol. The van der Waals surface area contributed by atoms with Gasteiger partial charge in [-0.1, -0.05) is 30.3 Å². The van der Waals surface area contributed by atoms with Gasteiger partial charge in [0.15, 0.2) is 0 Å². The molecule has 1 atom stereocenters. The highest BCUT2D eigenvalue weighted by Gasteiger charge is 2.45. The minimum absolute atomic E-state index is 0.00634. The van der Waals surface area contributed by atoms with Crippen LogP contribution < -0.4 is 5.32 Å². The number of benzene rings is 2. The zero-order chi connectivity index (χ0) is 29.0. The van der Waals surface area contributed by atoms with Gasteiger partial charge in [-0.25, -0.2) is 4.98 Å². The summed E-state index contributed by atoms with van der Waals surface area (Å²) >= 11 is 0. The van der Waals surface area contributed by atoms with Crippen molar-refractivity contribution in [3.8, 4) is 16.8 Å². The highest BCUT2D eigenvalue weighted by atomic mass is 19.4. The maximum atomic E-state index is 13.4. The van der Waals surface area contributed by atoms with Crippen LogP contribution in [0.5, 0.6) is 0 Å². The van der Waals surface area contributed by atoms with Gasteiger partial charge in [0, 0.05) is 49.2 Å². The van der Waals surface area contributed by atoms with E-state index in [2.05, 4.69) is 15.4 Å². The van der Waals surface area contributed by atoms with E-state index in [1.165, 1.54) is 0 Å². The lowest BCUT2D eigenvalue weighted by Gasteiger charge is -2.36. The number of rotatable bonds is 8. The van der Waals surface area contributed by atoms with E-state index in [1.807, 2.05) is 49.6 Å². The minimum Gasteiger partial charge on any atom is -0.331 e. The van der Waals surface area contributed by atoms with Gasteiger partial charge in [0.25, 0.3) is 5.91 Å². The molecule has 0 saturated carbocycles. The van der Waals surface area contributed by atoms with Gasteiger partial charge in [-0.2, -0.15) is 18.3 Å². The fraction of sp³-hybridized carbons (Fsp3) is 0.333. The number of likely N-dealkylation sites (tertiary alicyclic amines) is 1. The summed E-state index contributed by atoms with van der Waals surface area (Å²) in [5, 5.41) is 7.08. The Morgan fingerprint density at radius 2 is 1.83 bits per heavy atom. The smallest absolute Gasteiger partial charge is 0.331 e. The molecule has 4 aromatic rings. The SMILES string of the molecule is Cn1cc(-c2cccc(C(=O)Nc3nc(CCCC(=O)N4CCCCC4C(F)(F)F)cn3-c3ccccc3)c2)cn1. The maximum Gasteiger partial charge on any atom is 0.408 e. The number of nitrogens with one attached hydrogen (secondary N) is 1. The number of nitrogens with zero attached hydrogens (tertiary/aromatic N) is 5. The fourth-order valence-corrected chi connectivity index (χ4v) is 5.14. The molecule has 41 heavy (non-hydrogen) atoms. The fourth-order valence-electron chi connectivity index (χ4n) is 5.14. The third-order valence-electron chi connectivity index (χ3n) is 7.20. The number of carbonyl (C=O) groups is 2. The van der Waals surface area contributed by atoms with Crippen LogP contribution in [0, 0.1) is 0 Å². The van der Waals surface area contributed by atoms with Crippen molar-refractivity contribution in [2.24, 2.45) is 7.05 Å². The third kappa shape index (κ3) is 6.67. The summed E-state index contributed by atoms with van der Waals surface area (Å²) in [5.41, 5.74) is 3.58. The monoisotopic (exact) mass is 564 g/mol. The Morgan fingerprint density at radius 1 is 1.02 bits per heavy atom. The van der Waals surface area contributed by atoms with Crippen LogP contribution in [0.1, 0.15) is 48.2 Å². The van der Waals surface area contributed by atoms with Gasteiger partial charge in [0.05, 0.1) is 11.9 Å². The third-order valence-corrected chi connectivity index (χ3v) is 7.20. The van der Waals surface area contributed by atoms with Crippen molar-refractivity contribution in [3.05, 3.63) is 84.4 Å². The number of piperidine rings is 1. The van der Waals surface area contributed by atoms with Gasteiger partial charge >= 0.3 is 6.18 Å². The van der Waals surface area contributed by atoms with E-state index in [0.29, 0.717) is 42.9 Å². The molecule has 1 fully saturated rings. The predicted octanol–water partition coefficient (Wildman–Crippen LogP) is 5.79. The number of imidazole rings is 1. The molecular formula is C30H31F3N6O2. The second-order valence-corrected chi connectivity index (χ2v) is 10.2. The molecule has 1 aliphatic heterocycles. The lowest BCUT2D eigenvalue weighted by Crippen LogP contribution is -2.51. The number of hydrogen-bond donors (Lipinski definition) is 1.